The Morgan fingerprint density at radius 2 is 1.02 bits per heavy atom. The molecule has 0 fully saturated rings. The van der Waals surface area contributed by atoms with Gasteiger partial charge in [0, 0.05) is 25.9 Å². The monoisotopic (exact) mass is 697 g/mol. The summed E-state index contributed by atoms with van der Waals surface area (Å²) < 4.78 is 2.29. The Bertz CT molecular complexity index is 1870. The van der Waals surface area contributed by atoms with Gasteiger partial charge in [-0.1, -0.05) is 143 Å². The summed E-state index contributed by atoms with van der Waals surface area (Å²) in [6.07, 6.45) is 1.90. The lowest BCUT2D eigenvalue weighted by atomic mass is 9.68. The summed E-state index contributed by atoms with van der Waals surface area (Å²) in [5.41, 5.74) is 13.3. The lowest BCUT2D eigenvalue weighted by molar-refractivity contribution is 0.768. The van der Waals surface area contributed by atoms with Gasteiger partial charge in [0.1, 0.15) is 0 Å². The number of rotatable bonds is 7. The third kappa shape index (κ3) is 4.57. The molecular formula is C41H33Br2N. The highest BCUT2D eigenvalue weighted by Crippen LogP contribution is 2.59. The standard InChI is InChI=1S/C41H33Br2N/c1-3-28-26-32(22-24-37(28)42)44(33-23-25-38(43)29(4-2)27-33)39-21-13-20-36-40(39)34-18-11-12-19-35(34)41(36,30-14-7-5-8-15-30)31-16-9-6-10-17-31/h5-27H,3-4H2,1-2H3. The minimum atomic E-state index is -0.446. The van der Waals surface area contributed by atoms with Crippen molar-refractivity contribution < 1.29 is 0 Å². The zero-order chi connectivity index (χ0) is 30.3. The molecule has 1 aliphatic rings. The molecule has 0 atom stereocenters. The minimum Gasteiger partial charge on any atom is -0.310 e. The van der Waals surface area contributed by atoms with E-state index in [4.69, 9.17) is 0 Å². The van der Waals surface area contributed by atoms with E-state index >= 15 is 0 Å². The van der Waals surface area contributed by atoms with Crippen LogP contribution >= 0.6 is 31.9 Å². The predicted molar refractivity (Wildman–Crippen MR) is 193 cm³/mol. The normalized spacial score (nSPS) is 12.9. The topological polar surface area (TPSA) is 3.24 Å². The summed E-state index contributed by atoms with van der Waals surface area (Å²) in [5.74, 6) is 0. The molecule has 0 saturated carbocycles. The molecule has 0 amide bonds. The van der Waals surface area contributed by atoms with Crippen molar-refractivity contribution in [3.63, 3.8) is 0 Å². The first-order chi connectivity index (χ1) is 21.6. The molecule has 0 radical (unpaired) electrons. The Morgan fingerprint density at radius 3 is 1.57 bits per heavy atom. The number of hydrogen-bond donors (Lipinski definition) is 0. The van der Waals surface area contributed by atoms with Crippen molar-refractivity contribution in [2.24, 2.45) is 0 Å². The van der Waals surface area contributed by atoms with Gasteiger partial charge in [0.05, 0.1) is 11.1 Å². The molecule has 0 saturated heterocycles. The van der Waals surface area contributed by atoms with E-state index in [1.807, 2.05) is 0 Å². The molecule has 0 aliphatic heterocycles. The van der Waals surface area contributed by atoms with Gasteiger partial charge in [-0.3, -0.25) is 0 Å². The first kappa shape index (κ1) is 28.8. The molecule has 1 aliphatic carbocycles. The molecule has 0 heterocycles. The number of benzene rings is 6. The first-order valence-corrected chi connectivity index (χ1v) is 16.9. The Hall–Kier alpha value is -3.92. The van der Waals surface area contributed by atoms with E-state index in [-0.39, 0.29) is 0 Å². The second-order valence-corrected chi connectivity index (χ2v) is 13.0. The Labute approximate surface area is 277 Å². The van der Waals surface area contributed by atoms with Crippen LogP contribution in [-0.4, -0.2) is 0 Å². The highest BCUT2D eigenvalue weighted by Gasteiger charge is 2.47. The van der Waals surface area contributed by atoms with Gasteiger partial charge in [-0.2, -0.15) is 0 Å². The van der Waals surface area contributed by atoms with Crippen molar-refractivity contribution in [3.8, 4) is 11.1 Å². The second kappa shape index (κ2) is 11.9. The van der Waals surface area contributed by atoms with Gasteiger partial charge in [0.15, 0.2) is 0 Å². The van der Waals surface area contributed by atoms with Gasteiger partial charge >= 0.3 is 0 Å². The Kier molecular flexibility index (Phi) is 7.78. The third-order valence-corrected chi connectivity index (χ3v) is 10.6. The fourth-order valence-corrected chi connectivity index (χ4v) is 8.08. The molecule has 0 unspecified atom stereocenters. The molecule has 3 heteroatoms. The predicted octanol–water partition coefficient (Wildman–Crippen LogP) is 12.2. The van der Waals surface area contributed by atoms with Gasteiger partial charge in [-0.05, 0) is 94.3 Å². The summed E-state index contributed by atoms with van der Waals surface area (Å²) >= 11 is 7.60. The van der Waals surface area contributed by atoms with Crippen molar-refractivity contribution in [3.05, 3.63) is 182 Å². The molecule has 0 aromatic heterocycles. The van der Waals surface area contributed by atoms with Crippen molar-refractivity contribution in [2.75, 3.05) is 4.90 Å². The fourth-order valence-electron chi connectivity index (χ4n) is 7.03. The molecule has 6 aromatic rings. The average Bonchev–Trinajstić information content (AvgIpc) is 3.39. The summed E-state index contributed by atoms with van der Waals surface area (Å²) in [7, 11) is 0. The smallest absolute Gasteiger partial charge is 0.0714 e. The van der Waals surface area contributed by atoms with E-state index in [9.17, 15) is 0 Å². The highest BCUT2D eigenvalue weighted by molar-refractivity contribution is 9.10. The minimum absolute atomic E-state index is 0.446. The van der Waals surface area contributed by atoms with Crippen LogP contribution in [0.3, 0.4) is 0 Å². The van der Waals surface area contributed by atoms with Gasteiger partial charge < -0.3 is 4.90 Å². The fraction of sp³-hybridized carbons (Fsp3) is 0.122. The van der Waals surface area contributed by atoms with Crippen molar-refractivity contribution >= 4 is 48.9 Å². The first-order valence-electron chi connectivity index (χ1n) is 15.3. The van der Waals surface area contributed by atoms with Crippen LogP contribution < -0.4 is 4.90 Å². The molecule has 0 bridgehead atoms. The van der Waals surface area contributed by atoms with Crippen molar-refractivity contribution in [1.82, 2.24) is 0 Å². The third-order valence-electron chi connectivity index (χ3n) is 9.04. The number of aryl methyl sites for hydroxylation is 2. The summed E-state index contributed by atoms with van der Waals surface area (Å²) in [6, 6.07) is 51.4. The average molecular weight is 700 g/mol. The number of hydrogen-bond acceptors (Lipinski definition) is 1. The molecule has 6 aromatic carbocycles. The zero-order valence-electron chi connectivity index (χ0n) is 24.9. The van der Waals surface area contributed by atoms with Crippen LogP contribution in [0.15, 0.2) is 148 Å². The maximum absolute atomic E-state index is 3.80. The van der Waals surface area contributed by atoms with Crippen molar-refractivity contribution in [1.29, 1.82) is 0 Å². The Morgan fingerprint density at radius 1 is 0.523 bits per heavy atom. The van der Waals surface area contributed by atoms with Crippen molar-refractivity contribution in [2.45, 2.75) is 32.1 Å². The Balaban J connectivity index is 1.59. The van der Waals surface area contributed by atoms with Gasteiger partial charge in [0.2, 0.25) is 0 Å². The molecular weight excluding hydrogens is 666 g/mol. The molecule has 7 rings (SSSR count). The quantitative estimate of drug-likeness (QED) is 0.160. The zero-order valence-corrected chi connectivity index (χ0v) is 28.1. The van der Waals surface area contributed by atoms with Crippen LogP contribution in [0, 0.1) is 0 Å². The largest absolute Gasteiger partial charge is 0.310 e. The number of fused-ring (bicyclic) bond motifs is 3. The molecule has 216 valence electrons. The van der Waals surface area contributed by atoms with Crippen LogP contribution in [0.4, 0.5) is 17.1 Å². The summed E-state index contributed by atoms with van der Waals surface area (Å²) in [4.78, 5) is 2.46. The number of halogens is 2. The molecule has 44 heavy (non-hydrogen) atoms. The lowest BCUT2D eigenvalue weighted by Gasteiger charge is -2.34. The lowest BCUT2D eigenvalue weighted by Crippen LogP contribution is -2.28. The van der Waals surface area contributed by atoms with Gasteiger partial charge in [-0.25, -0.2) is 0 Å². The van der Waals surface area contributed by atoms with Gasteiger partial charge in [-0.15, -0.1) is 0 Å². The van der Waals surface area contributed by atoms with Crippen LogP contribution in [0.25, 0.3) is 11.1 Å². The van der Waals surface area contributed by atoms with Gasteiger partial charge in [0.25, 0.3) is 0 Å². The summed E-state index contributed by atoms with van der Waals surface area (Å²) in [6.45, 7) is 4.43. The van der Waals surface area contributed by atoms with E-state index < -0.39 is 5.41 Å². The molecule has 0 spiro atoms. The van der Waals surface area contributed by atoms with Crippen LogP contribution in [0.5, 0.6) is 0 Å². The maximum atomic E-state index is 3.80. The number of nitrogens with zero attached hydrogens (tertiary/aromatic N) is 1. The van der Waals surface area contributed by atoms with E-state index in [0.29, 0.717) is 0 Å². The number of anilines is 3. The maximum Gasteiger partial charge on any atom is 0.0714 e. The second-order valence-electron chi connectivity index (χ2n) is 11.3. The van der Waals surface area contributed by atoms with E-state index in [2.05, 4.69) is 190 Å². The van der Waals surface area contributed by atoms with E-state index in [1.165, 1.54) is 50.2 Å². The van der Waals surface area contributed by atoms with Crippen LogP contribution in [-0.2, 0) is 18.3 Å². The van der Waals surface area contributed by atoms with Crippen LogP contribution in [0.2, 0.25) is 0 Å². The molecule has 1 nitrogen and oxygen atoms in total. The summed E-state index contributed by atoms with van der Waals surface area (Å²) in [5, 5.41) is 0. The SMILES string of the molecule is CCc1cc(N(c2ccc(Br)c(CC)c2)c2cccc3c2-c2ccccc2C3(c2ccccc2)c2ccccc2)ccc1Br. The van der Waals surface area contributed by atoms with Crippen LogP contribution in [0.1, 0.15) is 47.2 Å². The van der Waals surface area contributed by atoms with E-state index in [0.717, 1.165) is 33.2 Å². The molecule has 0 N–H and O–H groups in total. The van der Waals surface area contributed by atoms with E-state index in [1.54, 1.807) is 0 Å². The highest BCUT2D eigenvalue weighted by atomic mass is 79.9.